The molecule has 0 atom stereocenters. The van der Waals surface area contributed by atoms with E-state index in [1.165, 1.54) is 44.5 Å². The van der Waals surface area contributed by atoms with Crippen molar-refractivity contribution in [2.75, 3.05) is 25.9 Å². The van der Waals surface area contributed by atoms with Gasteiger partial charge in [0.2, 0.25) is 15.9 Å². The monoisotopic (exact) mass is 503 g/mol. The molecular weight excluding hydrogens is 478 g/mol. The highest BCUT2D eigenvalue weighted by Gasteiger charge is 2.28. The number of aromatic nitrogens is 4. The van der Waals surface area contributed by atoms with Crippen molar-refractivity contribution in [3.63, 3.8) is 0 Å². The van der Waals surface area contributed by atoms with Crippen LogP contribution in [-0.4, -0.2) is 68.8 Å². The van der Waals surface area contributed by atoms with Crippen LogP contribution in [0.5, 0.6) is 0 Å². The van der Waals surface area contributed by atoms with Crippen LogP contribution < -0.4 is 10.9 Å². The minimum absolute atomic E-state index is 0.0552. The quantitative estimate of drug-likeness (QED) is 0.340. The number of nitrogens with zero attached hydrogens (tertiary/aromatic N) is 6. The SMILES string of the molecule is CS(=O)(=O)N1CCC(C(=O)NCCn2ncc3c(=O)n(Cc4cccc([N+](=O)[O-])c4)cnc32)CC1. The molecule has 1 aromatic carbocycles. The molecule has 186 valence electrons. The molecular formula is C21H25N7O6S. The molecule has 0 spiro atoms. The van der Waals surface area contributed by atoms with Gasteiger partial charge in [0.05, 0.1) is 30.5 Å². The zero-order valence-electron chi connectivity index (χ0n) is 19.0. The second kappa shape index (κ2) is 9.92. The molecule has 4 rings (SSSR count). The lowest BCUT2D eigenvalue weighted by Crippen LogP contribution is -2.43. The van der Waals surface area contributed by atoms with E-state index >= 15 is 0 Å². The predicted octanol–water partition coefficient (Wildman–Crippen LogP) is 0.337. The lowest BCUT2D eigenvalue weighted by Gasteiger charge is -2.29. The fourth-order valence-electron chi connectivity index (χ4n) is 4.12. The molecule has 3 aromatic rings. The standard InChI is InChI=1S/C21H25N7O6S/c1-35(33,34)26-8-5-16(6-9-26)20(29)22-7-10-27-19-18(12-24-27)21(30)25(14-23-19)13-15-3-2-4-17(11-15)28(31)32/h2-4,11-12,14,16H,5-10,13H2,1H3,(H,22,29). The van der Waals surface area contributed by atoms with Gasteiger partial charge in [0.25, 0.3) is 11.2 Å². The van der Waals surface area contributed by atoms with Gasteiger partial charge in [-0.15, -0.1) is 0 Å². The minimum Gasteiger partial charge on any atom is -0.354 e. The van der Waals surface area contributed by atoms with Gasteiger partial charge >= 0.3 is 0 Å². The summed E-state index contributed by atoms with van der Waals surface area (Å²) in [6.45, 7) is 1.36. The summed E-state index contributed by atoms with van der Waals surface area (Å²) in [5.74, 6) is -0.386. The van der Waals surface area contributed by atoms with E-state index in [-0.39, 0.29) is 36.2 Å². The molecule has 3 heterocycles. The molecule has 0 radical (unpaired) electrons. The van der Waals surface area contributed by atoms with Crippen LogP contribution >= 0.6 is 0 Å². The normalized spacial score (nSPS) is 15.3. The van der Waals surface area contributed by atoms with Crippen LogP contribution in [0, 0.1) is 16.0 Å². The summed E-state index contributed by atoms with van der Waals surface area (Å²) >= 11 is 0. The van der Waals surface area contributed by atoms with E-state index in [9.17, 15) is 28.1 Å². The maximum atomic E-state index is 12.9. The van der Waals surface area contributed by atoms with Gasteiger partial charge in [0.1, 0.15) is 11.7 Å². The summed E-state index contributed by atoms with van der Waals surface area (Å²) in [7, 11) is -3.24. The number of fused-ring (bicyclic) bond motifs is 1. The Balaban J connectivity index is 1.37. The van der Waals surface area contributed by atoms with Gasteiger partial charge in [0, 0.05) is 37.7 Å². The van der Waals surface area contributed by atoms with E-state index in [0.717, 1.165) is 0 Å². The number of piperidine rings is 1. The molecule has 1 aliphatic rings. The molecule has 1 fully saturated rings. The molecule has 1 amide bonds. The summed E-state index contributed by atoms with van der Waals surface area (Å²) in [6.07, 6.45) is 4.88. The van der Waals surface area contributed by atoms with Gasteiger partial charge in [-0.05, 0) is 18.4 Å². The van der Waals surface area contributed by atoms with Gasteiger partial charge in [-0.3, -0.25) is 24.3 Å². The first kappa shape index (κ1) is 24.5. The topological polar surface area (TPSA) is 162 Å². The molecule has 0 unspecified atom stereocenters. The average Bonchev–Trinajstić information content (AvgIpc) is 3.24. The molecule has 0 bridgehead atoms. The van der Waals surface area contributed by atoms with Crippen LogP contribution in [0.3, 0.4) is 0 Å². The van der Waals surface area contributed by atoms with E-state index < -0.39 is 14.9 Å². The fraction of sp³-hybridized carbons (Fsp3) is 0.429. The molecule has 0 saturated carbocycles. The van der Waals surface area contributed by atoms with Crippen LogP contribution in [0.1, 0.15) is 18.4 Å². The van der Waals surface area contributed by atoms with Gasteiger partial charge < -0.3 is 5.32 Å². The third-order valence-electron chi connectivity index (χ3n) is 6.01. The van der Waals surface area contributed by atoms with Crippen LogP contribution in [0.25, 0.3) is 11.0 Å². The molecule has 1 saturated heterocycles. The Kier molecular flexibility index (Phi) is 6.93. The van der Waals surface area contributed by atoms with Crippen molar-refractivity contribution in [3.05, 3.63) is 62.8 Å². The first-order valence-electron chi connectivity index (χ1n) is 11.0. The summed E-state index contributed by atoms with van der Waals surface area (Å²) in [4.78, 5) is 40.2. The first-order chi connectivity index (χ1) is 16.6. The number of benzene rings is 1. The number of rotatable bonds is 8. The number of carbonyl (C=O) groups excluding carboxylic acids is 1. The van der Waals surface area contributed by atoms with Crippen molar-refractivity contribution in [2.24, 2.45) is 5.92 Å². The zero-order valence-corrected chi connectivity index (χ0v) is 19.8. The fourth-order valence-corrected chi connectivity index (χ4v) is 4.99. The Morgan fingerprint density at radius 1 is 1.29 bits per heavy atom. The third kappa shape index (κ3) is 5.54. The highest BCUT2D eigenvalue weighted by atomic mass is 32.2. The van der Waals surface area contributed by atoms with Gasteiger partial charge in [-0.1, -0.05) is 12.1 Å². The molecule has 2 aromatic heterocycles. The molecule has 14 heteroatoms. The molecule has 1 aliphatic heterocycles. The Hall–Kier alpha value is -3.65. The van der Waals surface area contributed by atoms with Crippen molar-refractivity contribution in [2.45, 2.75) is 25.9 Å². The highest BCUT2D eigenvalue weighted by Crippen LogP contribution is 2.19. The number of hydrogen-bond donors (Lipinski definition) is 1. The van der Waals surface area contributed by atoms with Crippen LogP contribution in [0.15, 0.2) is 41.6 Å². The molecule has 35 heavy (non-hydrogen) atoms. The number of nitro groups is 1. The Bertz CT molecular complexity index is 1420. The number of nitro benzene ring substituents is 1. The number of hydrogen-bond acceptors (Lipinski definition) is 8. The van der Waals surface area contributed by atoms with E-state index in [4.69, 9.17) is 0 Å². The van der Waals surface area contributed by atoms with Crippen molar-refractivity contribution in [1.82, 2.24) is 29.0 Å². The van der Waals surface area contributed by atoms with Crippen molar-refractivity contribution < 1.29 is 18.1 Å². The van der Waals surface area contributed by atoms with E-state index in [2.05, 4.69) is 15.4 Å². The largest absolute Gasteiger partial charge is 0.354 e. The van der Waals surface area contributed by atoms with Gasteiger partial charge in [-0.2, -0.15) is 5.10 Å². The minimum atomic E-state index is -3.24. The highest BCUT2D eigenvalue weighted by molar-refractivity contribution is 7.88. The van der Waals surface area contributed by atoms with Crippen LogP contribution in [0.2, 0.25) is 0 Å². The van der Waals surface area contributed by atoms with Crippen molar-refractivity contribution >= 4 is 32.7 Å². The van der Waals surface area contributed by atoms with Crippen molar-refractivity contribution in [3.8, 4) is 0 Å². The van der Waals surface area contributed by atoms with Crippen LogP contribution in [0.4, 0.5) is 5.69 Å². The summed E-state index contributed by atoms with van der Waals surface area (Å²) in [5.41, 5.74) is 0.593. The maximum absolute atomic E-state index is 12.9. The Morgan fingerprint density at radius 3 is 2.71 bits per heavy atom. The smallest absolute Gasteiger partial charge is 0.269 e. The summed E-state index contributed by atoms with van der Waals surface area (Å²) in [5, 5.41) is 18.3. The van der Waals surface area contributed by atoms with Crippen LogP contribution in [-0.2, 0) is 27.9 Å². The molecule has 1 N–H and O–H groups in total. The molecule has 0 aliphatic carbocycles. The number of amides is 1. The Morgan fingerprint density at radius 2 is 2.03 bits per heavy atom. The number of nitrogens with one attached hydrogen (secondary N) is 1. The van der Waals surface area contributed by atoms with Gasteiger partial charge in [0.15, 0.2) is 5.65 Å². The average molecular weight is 504 g/mol. The number of sulfonamides is 1. The number of carbonyl (C=O) groups is 1. The zero-order chi connectivity index (χ0) is 25.2. The lowest BCUT2D eigenvalue weighted by molar-refractivity contribution is -0.384. The van der Waals surface area contributed by atoms with Crippen molar-refractivity contribution in [1.29, 1.82) is 0 Å². The number of non-ortho nitro benzene ring substituents is 1. The predicted molar refractivity (Wildman–Crippen MR) is 126 cm³/mol. The summed E-state index contributed by atoms with van der Waals surface area (Å²) in [6, 6.07) is 6.05. The second-order valence-corrected chi connectivity index (χ2v) is 10.4. The maximum Gasteiger partial charge on any atom is 0.269 e. The molecule has 13 nitrogen and oxygen atoms in total. The summed E-state index contributed by atoms with van der Waals surface area (Å²) < 4.78 is 27.5. The van der Waals surface area contributed by atoms with E-state index in [1.807, 2.05) is 0 Å². The Labute approximate surface area is 200 Å². The van der Waals surface area contributed by atoms with E-state index in [1.54, 1.807) is 12.1 Å². The third-order valence-corrected chi connectivity index (χ3v) is 7.32. The first-order valence-corrected chi connectivity index (χ1v) is 12.9. The van der Waals surface area contributed by atoms with Gasteiger partial charge in [-0.25, -0.2) is 22.4 Å². The second-order valence-electron chi connectivity index (χ2n) is 8.44. The van der Waals surface area contributed by atoms with E-state index in [0.29, 0.717) is 49.1 Å². The lowest BCUT2D eigenvalue weighted by atomic mass is 9.97.